The first kappa shape index (κ1) is 33.7. The Morgan fingerprint density at radius 3 is 2.40 bits per heavy atom. The number of amides is 2. The molecule has 0 radical (unpaired) electrons. The van der Waals surface area contributed by atoms with Gasteiger partial charge in [-0.05, 0) is 54.6 Å². The van der Waals surface area contributed by atoms with Gasteiger partial charge in [0.15, 0.2) is 0 Å². The molecule has 0 aliphatic carbocycles. The molecule has 2 aliphatic heterocycles. The highest BCUT2D eigenvalue weighted by molar-refractivity contribution is 6.36. The summed E-state index contributed by atoms with van der Waals surface area (Å²) in [6.07, 6.45) is 4.96. The fourth-order valence-electron chi connectivity index (χ4n) is 5.63. The van der Waals surface area contributed by atoms with Crippen molar-refractivity contribution < 1.29 is 19.0 Å². The number of aromatic nitrogens is 2. The largest absolute Gasteiger partial charge is 0.491 e. The third kappa shape index (κ3) is 8.63. The molecule has 2 aliphatic rings. The van der Waals surface area contributed by atoms with Crippen molar-refractivity contribution in [2.75, 3.05) is 62.7 Å². The quantitative estimate of drug-likeness (QED) is 0.176. The fourth-order valence-corrected chi connectivity index (χ4v) is 6.64. The second-order valence-corrected chi connectivity index (χ2v) is 13.0. The van der Waals surface area contributed by atoms with Gasteiger partial charge in [0.05, 0.1) is 35.2 Å². The van der Waals surface area contributed by atoms with Gasteiger partial charge in [-0.2, -0.15) is 0 Å². The summed E-state index contributed by atoms with van der Waals surface area (Å²) >= 11 is 24.8. The SMILES string of the molecule is O=C(NCCN1CCN(c2ccc(OC[C@@H]3CO[C@@](Cn4ccnc4)(c4ccc(Cl)cc4Cl)O3)cc2)CC1)Nc1ccc(Cl)cc1Cl. The van der Waals surface area contributed by atoms with Gasteiger partial charge in [0.25, 0.3) is 0 Å². The van der Waals surface area contributed by atoms with Crippen LogP contribution in [0.25, 0.3) is 0 Å². The number of halogens is 4. The maximum atomic E-state index is 12.3. The van der Waals surface area contributed by atoms with Crippen LogP contribution in [0.15, 0.2) is 79.4 Å². The molecule has 2 atom stereocenters. The van der Waals surface area contributed by atoms with E-state index in [9.17, 15) is 4.79 Å². The molecule has 0 saturated carbocycles. The standard InChI is InChI=1S/C33H34Cl4N6O4/c34-23-1-7-28(29(36)17-23)33(21-42-11-9-38-22-42)46-20-27(47-33)19-45-26-5-3-25(4-6-26)43-15-13-41(14-16-43)12-10-39-32(44)40-31-8-2-24(35)18-30(31)37/h1-9,11,17-18,22,27H,10,12-16,19-21H2,(H2,39,40,44)/t27-,33-/m1/s1. The van der Waals surface area contributed by atoms with Crippen LogP contribution in [0.3, 0.4) is 0 Å². The molecule has 1 aromatic heterocycles. The lowest BCUT2D eigenvalue weighted by Gasteiger charge is -2.36. The normalized spacial score (nSPS) is 19.9. The lowest BCUT2D eigenvalue weighted by atomic mass is 10.1. The Kier molecular flexibility index (Phi) is 11.0. The van der Waals surface area contributed by atoms with Crippen LogP contribution in [0.4, 0.5) is 16.2 Å². The Labute approximate surface area is 293 Å². The summed E-state index contributed by atoms with van der Waals surface area (Å²) < 4.78 is 20.8. The van der Waals surface area contributed by atoms with Gasteiger partial charge in [0, 0.05) is 73.0 Å². The van der Waals surface area contributed by atoms with Gasteiger partial charge < -0.3 is 34.3 Å². The number of carbonyl (C=O) groups is 1. The first-order valence-corrected chi connectivity index (χ1v) is 16.7. The van der Waals surface area contributed by atoms with E-state index < -0.39 is 5.79 Å². The Morgan fingerprint density at radius 2 is 1.70 bits per heavy atom. The second kappa shape index (κ2) is 15.3. The number of imidazole rings is 1. The van der Waals surface area contributed by atoms with Crippen LogP contribution in [0.2, 0.25) is 20.1 Å². The Morgan fingerprint density at radius 1 is 0.957 bits per heavy atom. The van der Waals surface area contributed by atoms with E-state index in [-0.39, 0.29) is 12.1 Å². The molecule has 3 heterocycles. The van der Waals surface area contributed by atoms with Gasteiger partial charge in [-0.3, -0.25) is 4.90 Å². The minimum Gasteiger partial charge on any atom is -0.491 e. The maximum Gasteiger partial charge on any atom is 0.319 e. The molecule has 4 aromatic rings. The van der Waals surface area contributed by atoms with E-state index in [4.69, 9.17) is 60.6 Å². The summed E-state index contributed by atoms with van der Waals surface area (Å²) in [7, 11) is 0. The summed E-state index contributed by atoms with van der Waals surface area (Å²) in [5.74, 6) is -0.354. The smallest absolute Gasteiger partial charge is 0.319 e. The molecule has 2 amide bonds. The number of urea groups is 1. The molecule has 2 fully saturated rings. The molecule has 248 valence electrons. The highest BCUT2D eigenvalue weighted by Crippen LogP contribution is 2.40. The van der Waals surface area contributed by atoms with Crippen LogP contribution in [-0.4, -0.2) is 79.1 Å². The van der Waals surface area contributed by atoms with Crippen LogP contribution in [0, 0.1) is 0 Å². The molecule has 2 saturated heterocycles. The number of hydrogen-bond donors (Lipinski definition) is 2. The Hall–Kier alpha value is -3.22. The molecule has 10 nitrogen and oxygen atoms in total. The molecule has 3 aromatic carbocycles. The summed E-state index contributed by atoms with van der Waals surface area (Å²) in [5.41, 5.74) is 2.35. The first-order valence-electron chi connectivity index (χ1n) is 15.2. The number of rotatable bonds is 11. The van der Waals surface area contributed by atoms with Crippen LogP contribution in [0.5, 0.6) is 5.75 Å². The molecule has 0 bridgehead atoms. The third-order valence-electron chi connectivity index (χ3n) is 8.05. The van der Waals surface area contributed by atoms with Crippen molar-refractivity contribution in [3.63, 3.8) is 0 Å². The zero-order valence-corrected chi connectivity index (χ0v) is 28.4. The van der Waals surface area contributed by atoms with Crippen LogP contribution in [0.1, 0.15) is 5.56 Å². The van der Waals surface area contributed by atoms with Crippen LogP contribution >= 0.6 is 46.4 Å². The lowest BCUT2D eigenvalue weighted by Crippen LogP contribution is -2.48. The lowest BCUT2D eigenvalue weighted by molar-refractivity contribution is -0.189. The molecule has 0 spiro atoms. The average molecular weight is 720 g/mol. The van der Waals surface area contributed by atoms with Crippen molar-refractivity contribution in [1.29, 1.82) is 0 Å². The highest BCUT2D eigenvalue weighted by atomic mass is 35.5. The van der Waals surface area contributed by atoms with Gasteiger partial charge in [-0.1, -0.05) is 52.5 Å². The third-order valence-corrected chi connectivity index (χ3v) is 9.15. The number of nitrogens with one attached hydrogen (secondary N) is 2. The Bertz CT molecular complexity index is 1650. The van der Waals surface area contributed by atoms with E-state index in [0.29, 0.717) is 57.6 Å². The molecule has 2 N–H and O–H groups in total. The zero-order valence-electron chi connectivity index (χ0n) is 25.4. The van der Waals surface area contributed by atoms with Gasteiger partial charge >= 0.3 is 6.03 Å². The fraction of sp³-hybridized carbons (Fsp3) is 0.333. The average Bonchev–Trinajstić information content (AvgIpc) is 3.72. The molecular formula is C33H34Cl4N6O4. The van der Waals surface area contributed by atoms with Gasteiger partial charge in [0.1, 0.15) is 18.5 Å². The van der Waals surface area contributed by atoms with Crippen molar-refractivity contribution in [3.8, 4) is 5.75 Å². The van der Waals surface area contributed by atoms with Crippen molar-refractivity contribution in [2.45, 2.75) is 18.4 Å². The number of piperazine rings is 1. The number of nitrogens with zero attached hydrogens (tertiary/aromatic N) is 4. The summed E-state index contributed by atoms with van der Waals surface area (Å²) in [4.78, 5) is 21.1. The van der Waals surface area contributed by atoms with E-state index in [1.54, 1.807) is 42.9 Å². The number of hydrogen-bond acceptors (Lipinski definition) is 7. The molecule has 14 heteroatoms. The minimum absolute atomic E-state index is 0.304. The van der Waals surface area contributed by atoms with E-state index in [1.807, 2.05) is 29.0 Å². The van der Waals surface area contributed by atoms with Crippen molar-refractivity contribution in [3.05, 3.63) is 105 Å². The number of ether oxygens (including phenoxy) is 3. The number of carbonyl (C=O) groups excluding carboxylic acids is 1. The monoisotopic (exact) mass is 718 g/mol. The van der Waals surface area contributed by atoms with Crippen molar-refractivity contribution in [1.82, 2.24) is 19.8 Å². The molecular weight excluding hydrogens is 686 g/mol. The summed E-state index contributed by atoms with van der Waals surface area (Å²) in [6, 6.07) is 18.0. The summed E-state index contributed by atoms with van der Waals surface area (Å²) in [6.45, 7) is 5.85. The topological polar surface area (TPSA) is 93.1 Å². The molecule has 0 unspecified atom stereocenters. The number of anilines is 2. The molecule has 6 rings (SSSR count). The first-order chi connectivity index (χ1) is 22.8. The summed E-state index contributed by atoms with van der Waals surface area (Å²) in [5, 5.41) is 7.55. The zero-order chi connectivity index (χ0) is 32.8. The number of benzene rings is 3. The minimum atomic E-state index is -1.10. The van der Waals surface area contributed by atoms with Gasteiger partial charge in [-0.25, -0.2) is 9.78 Å². The van der Waals surface area contributed by atoms with Crippen molar-refractivity contribution >= 4 is 63.8 Å². The van der Waals surface area contributed by atoms with Crippen molar-refractivity contribution in [2.24, 2.45) is 0 Å². The second-order valence-electron chi connectivity index (χ2n) is 11.3. The highest BCUT2D eigenvalue weighted by Gasteiger charge is 2.45. The predicted molar refractivity (Wildman–Crippen MR) is 185 cm³/mol. The van der Waals surface area contributed by atoms with E-state index in [2.05, 4.69) is 37.6 Å². The van der Waals surface area contributed by atoms with E-state index in [1.165, 1.54) is 0 Å². The molecule has 47 heavy (non-hydrogen) atoms. The Balaban J connectivity index is 0.946. The van der Waals surface area contributed by atoms with Gasteiger partial charge in [-0.15, -0.1) is 0 Å². The van der Waals surface area contributed by atoms with Crippen LogP contribution < -0.4 is 20.3 Å². The van der Waals surface area contributed by atoms with Crippen LogP contribution in [-0.2, 0) is 21.8 Å². The van der Waals surface area contributed by atoms with E-state index >= 15 is 0 Å². The predicted octanol–water partition coefficient (Wildman–Crippen LogP) is 6.79. The maximum absolute atomic E-state index is 12.3. The van der Waals surface area contributed by atoms with Gasteiger partial charge in [0.2, 0.25) is 5.79 Å². The van der Waals surface area contributed by atoms with E-state index in [0.717, 1.165) is 44.2 Å².